The zero-order valence-corrected chi connectivity index (χ0v) is 13.0. The summed E-state index contributed by atoms with van der Waals surface area (Å²) in [5.41, 5.74) is -0.649. The second-order valence-corrected chi connectivity index (χ2v) is 6.09. The van der Waals surface area contributed by atoms with Crippen LogP contribution < -0.4 is 10.6 Å². The molecule has 0 aliphatic carbocycles. The predicted molar refractivity (Wildman–Crippen MR) is 77.3 cm³/mol. The van der Waals surface area contributed by atoms with Crippen LogP contribution in [0.2, 0.25) is 0 Å². The number of aryl methyl sites for hydroxylation is 1. The fourth-order valence-corrected chi connectivity index (χ4v) is 2.01. The number of aromatic nitrogens is 2. The standard InChI is InChI=1S/C13H21N5O4/c1-13(2,3)22-9(19)6-18-11(20)10(16-12(18)21)15-8-5-17(4)7-14-8/h5,7,10,12,15-16,21H,6H2,1-4H3. The Morgan fingerprint density at radius 3 is 2.77 bits per heavy atom. The van der Waals surface area contributed by atoms with Crippen molar-refractivity contribution in [3.8, 4) is 0 Å². The first-order valence-electron chi connectivity index (χ1n) is 6.87. The molecule has 2 rings (SSSR count). The summed E-state index contributed by atoms with van der Waals surface area (Å²) in [6.45, 7) is 4.87. The van der Waals surface area contributed by atoms with Crippen molar-refractivity contribution in [2.24, 2.45) is 7.05 Å². The molecular weight excluding hydrogens is 290 g/mol. The smallest absolute Gasteiger partial charge is 0.326 e. The lowest BCUT2D eigenvalue weighted by molar-refractivity contribution is -0.161. The van der Waals surface area contributed by atoms with Crippen LogP contribution in [-0.4, -0.2) is 56.1 Å². The Bertz CT molecular complexity index is 565. The van der Waals surface area contributed by atoms with Gasteiger partial charge in [0.15, 0.2) is 12.5 Å². The van der Waals surface area contributed by atoms with Crippen LogP contribution in [-0.2, 0) is 21.4 Å². The van der Waals surface area contributed by atoms with Crippen LogP contribution in [0.1, 0.15) is 20.8 Å². The average Bonchev–Trinajstić information content (AvgIpc) is 2.87. The maximum atomic E-state index is 12.2. The molecule has 1 saturated heterocycles. The number of rotatable bonds is 4. The molecule has 0 aromatic carbocycles. The van der Waals surface area contributed by atoms with Gasteiger partial charge in [-0.25, -0.2) is 10.3 Å². The summed E-state index contributed by atoms with van der Waals surface area (Å²) in [4.78, 5) is 29.1. The molecule has 3 N–H and O–H groups in total. The quantitative estimate of drug-likeness (QED) is 0.625. The molecule has 1 amide bonds. The summed E-state index contributed by atoms with van der Waals surface area (Å²) in [6.07, 6.45) is 1.16. The summed E-state index contributed by atoms with van der Waals surface area (Å²) in [7, 11) is 1.80. The van der Waals surface area contributed by atoms with E-state index < -0.39 is 30.0 Å². The Kier molecular flexibility index (Phi) is 4.38. The highest BCUT2D eigenvalue weighted by Gasteiger charge is 2.39. The highest BCUT2D eigenvalue weighted by atomic mass is 16.6. The van der Waals surface area contributed by atoms with Crippen LogP contribution in [0.5, 0.6) is 0 Å². The lowest BCUT2D eigenvalue weighted by Gasteiger charge is -2.23. The predicted octanol–water partition coefficient (Wildman–Crippen LogP) is -0.792. The maximum Gasteiger partial charge on any atom is 0.326 e. The number of carbonyl (C=O) groups excluding carboxylic acids is 2. The van der Waals surface area contributed by atoms with Crippen LogP contribution in [0.4, 0.5) is 5.82 Å². The van der Waals surface area contributed by atoms with Gasteiger partial charge in [0, 0.05) is 13.2 Å². The van der Waals surface area contributed by atoms with E-state index in [1.807, 2.05) is 0 Å². The van der Waals surface area contributed by atoms with Gasteiger partial charge in [-0.05, 0) is 20.8 Å². The first-order valence-corrected chi connectivity index (χ1v) is 6.87. The second-order valence-electron chi connectivity index (χ2n) is 6.09. The monoisotopic (exact) mass is 311 g/mol. The van der Waals surface area contributed by atoms with Crippen LogP contribution in [0.3, 0.4) is 0 Å². The number of imidazole rings is 1. The van der Waals surface area contributed by atoms with Crippen molar-refractivity contribution in [3.05, 3.63) is 12.5 Å². The summed E-state index contributed by atoms with van der Waals surface area (Å²) in [5.74, 6) is -0.552. The molecule has 122 valence electrons. The van der Waals surface area contributed by atoms with Gasteiger partial charge in [-0.2, -0.15) is 0 Å². The van der Waals surface area contributed by atoms with Crippen molar-refractivity contribution in [2.75, 3.05) is 11.9 Å². The second kappa shape index (κ2) is 5.93. The number of nitrogens with one attached hydrogen (secondary N) is 2. The Balaban J connectivity index is 1.96. The number of ether oxygens (including phenoxy) is 1. The number of hydrogen-bond donors (Lipinski definition) is 3. The molecule has 22 heavy (non-hydrogen) atoms. The maximum absolute atomic E-state index is 12.2. The summed E-state index contributed by atoms with van der Waals surface area (Å²) in [6, 6.07) is 0. The van der Waals surface area contributed by atoms with Crippen molar-refractivity contribution in [1.82, 2.24) is 19.8 Å². The number of anilines is 1. The molecule has 1 fully saturated rings. The molecule has 2 heterocycles. The van der Waals surface area contributed by atoms with E-state index in [1.165, 1.54) is 0 Å². The number of nitrogens with zero attached hydrogens (tertiary/aromatic N) is 3. The Labute approximate surface area is 128 Å². The van der Waals surface area contributed by atoms with Crippen molar-refractivity contribution in [1.29, 1.82) is 0 Å². The topological polar surface area (TPSA) is 109 Å². The molecular formula is C13H21N5O4. The van der Waals surface area contributed by atoms with E-state index in [4.69, 9.17) is 4.74 Å². The van der Waals surface area contributed by atoms with Crippen molar-refractivity contribution >= 4 is 17.7 Å². The molecule has 1 aliphatic rings. The number of hydrogen-bond acceptors (Lipinski definition) is 7. The first kappa shape index (κ1) is 16.2. The first-order chi connectivity index (χ1) is 10.2. The molecule has 1 aromatic heterocycles. The third kappa shape index (κ3) is 3.95. The van der Waals surface area contributed by atoms with Gasteiger partial charge in [-0.3, -0.25) is 14.5 Å². The summed E-state index contributed by atoms with van der Waals surface area (Å²) < 4.78 is 6.86. The van der Waals surface area contributed by atoms with Gasteiger partial charge in [0.25, 0.3) is 5.91 Å². The van der Waals surface area contributed by atoms with Gasteiger partial charge in [0.2, 0.25) is 0 Å². The van der Waals surface area contributed by atoms with Gasteiger partial charge in [-0.1, -0.05) is 0 Å². The molecule has 1 aliphatic heterocycles. The average molecular weight is 311 g/mol. The highest BCUT2D eigenvalue weighted by Crippen LogP contribution is 2.14. The Morgan fingerprint density at radius 2 is 2.23 bits per heavy atom. The Morgan fingerprint density at radius 1 is 1.55 bits per heavy atom. The van der Waals surface area contributed by atoms with E-state index in [2.05, 4.69) is 15.6 Å². The van der Waals surface area contributed by atoms with Gasteiger partial charge >= 0.3 is 5.97 Å². The van der Waals surface area contributed by atoms with Crippen molar-refractivity contribution in [3.63, 3.8) is 0 Å². The van der Waals surface area contributed by atoms with E-state index in [1.54, 1.807) is 44.9 Å². The lowest BCUT2D eigenvalue weighted by atomic mass is 10.2. The van der Waals surface area contributed by atoms with Crippen LogP contribution >= 0.6 is 0 Å². The van der Waals surface area contributed by atoms with Crippen molar-refractivity contribution < 1.29 is 19.4 Å². The fraction of sp³-hybridized carbons (Fsp3) is 0.615. The van der Waals surface area contributed by atoms with Gasteiger partial charge in [-0.15, -0.1) is 0 Å². The number of carbonyl (C=O) groups is 2. The van der Waals surface area contributed by atoms with Crippen LogP contribution in [0.15, 0.2) is 12.5 Å². The molecule has 0 bridgehead atoms. The van der Waals surface area contributed by atoms with Crippen LogP contribution in [0, 0.1) is 0 Å². The Hall–Kier alpha value is -2.13. The molecule has 0 saturated carbocycles. The molecule has 2 atom stereocenters. The molecule has 0 spiro atoms. The largest absolute Gasteiger partial charge is 0.459 e. The fourth-order valence-electron chi connectivity index (χ4n) is 2.01. The highest BCUT2D eigenvalue weighted by molar-refractivity contribution is 5.89. The van der Waals surface area contributed by atoms with E-state index in [-0.39, 0.29) is 6.54 Å². The zero-order valence-electron chi connectivity index (χ0n) is 13.0. The third-order valence-electron chi connectivity index (χ3n) is 2.86. The molecule has 9 nitrogen and oxygen atoms in total. The molecule has 0 radical (unpaired) electrons. The lowest BCUT2D eigenvalue weighted by Crippen LogP contribution is -2.42. The van der Waals surface area contributed by atoms with Crippen LogP contribution in [0.25, 0.3) is 0 Å². The third-order valence-corrected chi connectivity index (χ3v) is 2.86. The van der Waals surface area contributed by atoms with E-state index >= 15 is 0 Å². The van der Waals surface area contributed by atoms with Gasteiger partial charge in [0.05, 0.1) is 6.33 Å². The van der Waals surface area contributed by atoms with E-state index in [0.717, 1.165) is 4.90 Å². The number of aliphatic hydroxyl groups excluding tert-OH is 1. The van der Waals surface area contributed by atoms with E-state index in [0.29, 0.717) is 5.82 Å². The minimum absolute atomic E-state index is 0.329. The van der Waals surface area contributed by atoms with E-state index in [9.17, 15) is 14.7 Å². The number of amides is 1. The number of aliphatic hydroxyl groups is 1. The normalized spacial score (nSPS) is 22.0. The molecule has 2 unspecified atom stereocenters. The summed E-state index contributed by atoms with van der Waals surface area (Å²) in [5, 5.41) is 15.4. The minimum Gasteiger partial charge on any atom is -0.459 e. The SMILES string of the molecule is Cn1cnc(NC2NC(O)N(CC(=O)OC(C)(C)C)C2=O)c1. The minimum atomic E-state index is -1.26. The van der Waals surface area contributed by atoms with Gasteiger partial charge in [0.1, 0.15) is 18.0 Å². The van der Waals surface area contributed by atoms with Crippen molar-refractivity contribution in [2.45, 2.75) is 38.9 Å². The number of esters is 1. The summed E-state index contributed by atoms with van der Waals surface area (Å²) >= 11 is 0. The van der Waals surface area contributed by atoms with Gasteiger partial charge < -0.3 is 19.7 Å². The molecule has 9 heteroatoms. The zero-order chi connectivity index (χ0) is 16.5. The molecule has 1 aromatic rings.